The molecule has 5 heterocycles. The summed E-state index contributed by atoms with van der Waals surface area (Å²) in [7, 11) is 5.38. The summed E-state index contributed by atoms with van der Waals surface area (Å²) >= 11 is 0. The van der Waals surface area contributed by atoms with Gasteiger partial charge in [0, 0.05) is 12.0 Å². The highest BCUT2D eigenvalue weighted by molar-refractivity contribution is 8.77. The number of aromatic hydroxyl groups is 1. The average molecular weight is 481 g/mol. The molecule has 1 aliphatic carbocycles. The SMILES string of the molecule is COc1ccc([C@H]2SS[C@@]34C[C@]56O[C@H]5C=C[C@@H](O)[C@H]6ON3C(=O)[C@H]2NC4=O)c(O)c1OC. The van der Waals surface area contributed by atoms with Crippen LogP contribution in [0.3, 0.4) is 0 Å². The Morgan fingerprint density at radius 3 is 2.81 bits per heavy atom. The van der Waals surface area contributed by atoms with Crippen LogP contribution >= 0.6 is 21.6 Å². The minimum atomic E-state index is -1.35. The molecule has 3 N–H and O–H groups in total. The number of piperazine rings is 1. The van der Waals surface area contributed by atoms with Crippen molar-refractivity contribution in [2.45, 2.75) is 46.5 Å². The zero-order valence-electron chi connectivity index (χ0n) is 17.0. The molecule has 2 spiro atoms. The van der Waals surface area contributed by atoms with Gasteiger partial charge in [-0.1, -0.05) is 39.8 Å². The number of hydrogen-bond acceptors (Lipinski definition) is 10. The van der Waals surface area contributed by atoms with Crippen molar-refractivity contribution in [3.05, 3.63) is 29.8 Å². The largest absolute Gasteiger partial charge is 0.504 e. The number of carbonyl (C=O) groups excluding carboxylic acids is 2. The number of hydroxylamine groups is 2. The van der Waals surface area contributed by atoms with Crippen LogP contribution in [0.25, 0.3) is 0 Å². The van der Waals surface area contributed by atoms with E-state index in [-0.39, 0.29) is 29.9 Å². The lowest BCUT2D eigenvalue weighted by atomic mass is 9.81. The van der Waals surface area contributed by atoms with E-state index < -0.39 is 39.9 Å². The number of benzene rings is 1. The topological polar surface area (TPSA) is 130 Å². The third-order valence-corrected chi connectivity index (χ3v) is 10.0. The fraction of sp³-hybridized carbons (Fsp3) is 0.500. The first-order chi connectivity index (χ1) is 15.4. The van der Waals surface area contributed by atoms with Crippen LogP contribution < -0.4 is 14.8 Å². The van der Waals surface area contributed by atoms with E-state index in [1.165, 1.54) is 35.8 Å². The lowest BCUT2D eigenvalue weighted by Gasteiger charge is -2.51. The molecular weight excluding hydrogens is 460 g/mol. The third-order valence-electron chi connectivity index (χ3n) is 6.67. The normalized spacial score (nSPS) is 41.2. The van der Waals surface area contributed by atoms with Gasteiger partial charge in [0.25, 0.3) is 11.8 Å². The Balaban J connectivity index is 1.41. The predicted molar refractivity (Wildman–Crippen MR) is 113 cm³/mol. The number of aliphatic hydroxyl groups is 1. The molecule has 6 aliphatic rings. The van der Waals surface area contributed by atoms with Crippen LogP contribution in [0.5, 0.6) is 17.2 Å². The van der Waals surface area contributed by atoms with E-state index in [9.17, 15) is 19.8 Å². The minimum absolute atomic E-state index is 0.147. The van der Waals surface area contributed by atoms with Crippen LogP contribution in [0, 0.1) is 0 Å². The first-order valence-corrected chi connectivity index (χ1v) is 12.2. The van der Waals surface area contributed by atoms with Gasteiger partial charge in [-0.2, -0.15) is 5.06 Å². The first kappa shape index (κ1) is 20.5. The Kier molecular flexibility index (Phi) is 4.29. The zero-order chi connectivity index (χ0) is 22.4. The highest BCUT2D eigenvalue weighted by atomic mass is 33.1. The second-order valence-electron chi connectivity index (χ2n) is 8.28. The van der Waals surface area contributed by atoms with Crippen LogP contribution in [-0.2, 0) is 19.2 Å². The molecule has 12 heteroatoms. The van der Waals surface area contributed by atoms with E-state index in [1.54, 1.807) is 24.3 Å². The number of rotatable bonds is 3. The number of carbonyl (C=O) groups is 2. The predicted octanol–water partition coefficient (Wildman–Crippen LogP) is 0.641. The second-order valence-corrected chi connectivity index (χ2v) is 10.9. The molecule has 7 atom stereocenters. The maximum Gasteiger partial charge on any atom is 0.272 e. The smallest absolute Gasteiger partial charge is 0.272 e. The Bertz CT molecular complexity index is 1070. The first-order valence-electron chi connectivity index (χ1n) is 10.0. The number of amides is 2. The van der Waals surface area contributed by atoms with Crippen LogP contribution in [0.1, 0.15) is 17.2 Å². The number of nitrogens with zero attached hydrogens (tertiary/aromatic N) is 1. The summed E-state index contributed by atoms with van der Waals surface area (Å²) < 4.78 is 16.4. The summed E-state index contributed by atoms with van der Waals surface area (Å²) in [6, 6.07) is 2.31. The number of aliphatic hydroxyl groups excluding tert-OH is 1. The molecular formula is C20H20N2O8S2. The number of phenols is 1. The number of epoxide rings is 1. The van der Waals surface area contributed by atoms with Gasteiger partial charge in [0.15, 0.2) is 11.5 Å². The Morgan fingerprint density at radius 2 is 2.06 bits per heavy atom. The van der Waals surface area contributed by atoms with Gasteiger partial charge in [-0.3, -0.25) is 14.4 Å². The molecule has 32 heavy (non-hydrogen) atoms. The molecule has 5 fully saturated rings. The summed E-state index contributed by atoms with van der Waals surface area (Å²) in [5, 5.41) is 24.6. The van der Waals surface area contributed by atoms with E-state index in [4.69, 9.17) is 19.0 Å². The molecule has 10 nitrogen and oxygen atoms in total. The third kappa shape index (κ3) is 2.44. The number of methoxy groups -OCH3 is 2. The molecule has 1 aromatic rings. The molecule has 5 saturated heterocycles. The molecule has 170 valence electrons. The molecule has 0 saturated carbocycles. The van der Waals surface area contributed by atoms with Crippen molar-refractivity contribution >= 4 is 33.4 Å². The number of nitrogens with one attached hydrogen (secondary N) is 1. The lowest BCUT2D eigenvalue weighted by Crippen LogP contribution is -2.74. The fourth-order valence-corrected chi connectivity index (χ4v) is 8.51. The highest BCUT2D eigenvalue weighted by Gasteiger charge is 2.76. The van der Waals surface area contributed by atoms with Gasteiger partial charge in [0.1, 0.15) is 30.0 Å². The molecule has 1 aromatic carbocycles. The molecule has 0 aromatic heterocycles. The van der Waals surface area contributed by atoms with E-state index >= 15 is 0 Å². The van der Waals surface area contributed by atoms with Gasteiger partial charge >= 0.3 is 0 Å². The van der Waals surface area contributed by atoms with Gasteiger partial charge in [0.05, 0.1) is 19.5 Å². The number of phenolic OH excluding ortho intramolecular Hbond substituents is 1. The van der Waals surface area contributed by atoms with Gasteiger partial charge in [-0.05, 0) is 6.07 Å². The van der Waals surface area contributed by atoms with Crippen molar-refractivity contribution in [3.63, 3.8) is 0 Å². The molecule has 0 radical (unpaired) electrons. The summed E-state index contributed by atoms with van der Waals surface area (Å²) in [6.45, 7) is 0. The van der Waals surface area contributed by atoms with Crippen LogP contribution in [0.15, 0.2) is 24.3 Å². The summed E-state index contributed by atoms with van der Waals surface area (Å²) in [5.74, 6) is -0.483. The average Bonchev–Trinajstić information content (AvgIpc) is 3.52. The van der Waals surface area contributed by atoms with Crippen molar-refractivity contribution in [2.75, 3.05) is 14.2 Å². The zero-order valence-corrected chi connectivity index (χ0v) is 18.6. The standard InChI is InChI=1S/C20H20N2O8S2/c1-27-10-5-3-8(13(24)14(10)28-2)15-12-17(25)22-20(32-31-15,18(26)21-12)7-19-11(29-19)6-4-9(23)16(19)30-22/h3-6,9,11-12,15-16,23-24H,7H2,1-2H3,(H,21,26)/t9-,11+,12+,15-,16-,19+,20-/m1/s1. The van der Waals surface area contributed by atoms with Crippen molar-refractivity contribution in [1.82, 2.24) is 10.4 Å². The monoisotopic (exact) mass is 480 g/mol. The molecule has 2 amide bonds. The molecule has 5 aliphatic heterocycles. The van der Waals surface area contributed by atoms with E-state index in [1.807, 2.05) is 0 Å². The van der Waals surface area contributed by atoms with Crippen LogP contribution in [0.4, 0.5) is 0 Å². The van der Waals surface area contributed by atoms with Crippen LogP contribution in [0.2, 0.25) is 0 Å². The summed E-state index contributed by atoms with van der Waals surface area (Å²) in [4.78, 5) is 31.5. The van der Waals surface area contributed by atoms with Crippen molar-refractivity contribution in [1.29, 1.82) is 0 Å². The minimum Gasteiger partial charge on any atom is -0.504 e. The quantitative estimate of drug-likeness (QED) is 0.322. The highest BCUT2D eigenvalue weighted by Crippen LogP contribution is 2.64. The van der Waals surface area contributed by atoms with Gasteiger partial charge in [0.2, 0.25) is 10.6 Å². The fourth-order valence-electron chi connectivity index (χ4n) is 5.00. The Labute approximate surface area is 190 Å². The summed E-state index contributed by atoms with van der Waals surface area (Å²) in [5.41, 5.74) is -0.429. The van der Waals surface area contributed by atoms with Crippen LogP contribution in [-0.4, -0.2) is 76.1 Å². The van der Waals surface area contributed by atoms with E-state index in [2.05, 4.69) is 5.32 Å². The van der Waals surface area contributed by atoms with E-state index in [0.717, 1.165) is 5.06 Å². The number of ether oxygens (including phenoxy) is 3. The van der Waals surface area contributed by atoms with Gasteiger partial charge < -0.3 is 29.7 Å². The molecule has 7 rings (SSSR count). The lowest BCUT2D eigenvalue weighted by molar-refractivity contribution is -0.281. The molecule has 2 bridgehead atoms. The van der Waals surface area contributed by atoms with E-state index in [0.29, 0.717) is 11.3 Å². The summed E-state index contributed by atoms with van der Waals surface area (Å²) in [6.07, 6.45) is 1.54. The van der Waals surface area contributed by atoms with Gasteiger partial charge in [-0.25, -0.2) is 0 Å². The van der Waals surface area contributed by atoms with Crippen molar-refractivity contribution < 1.29 is 38.9 Å². The Hall–Kier alpha value is -2.12. The maximum absolute atomic E-state index is 13.5. The Morgan fingerprint density at radius 1 is 1.25 bits per heavy atom. The molecule has 0 unspecified atom stereocenters. The number of fused-ring (bicyclic) bond motifs is 3. The van der Waals surface area contributed by atoms with Gasteiger partial charge in [-0.15, -0.1) is 0 Å². The number of hydrogen-bond donors (Lipinski definition) is 3. The second kappa shape index (κ2) is 6.70. The van der Waals surface area contributed by atoms with Crippen molar-refractivity contribution in [3.8, 4) is 17.2 Å². The maximum atomic E-state index is 13.5. The van der Waals surface area contributed by atoms with Crippen molar-refractivity contribution in [2.24, 2.45) is 0 Å².